The molecule has 21 heavy (non-hydrogen) atoms. The third-order valence-electron chi connectivity index (χ3n) is 3.91. The van der Waals surface area contributed by atoms with Crippen molar-refractivity contribution in [1.82, 2.24) is 5.32 Å². The molecule has 0 bridgehead atoms. The minimum atomic E-state index is -0.194. The van der Waals surface area contributed by atoms with Gasteiger partial charge in [0.25, 0.3) is 0 Å². The van der Waals surface area contributed by atoms with Crippen molar-refractivity contribution in [1.29, 1.82) is 0 Å². The van der Waals surface area contributed by atoms with Crippen LogP contribution in [-0.4, -0.2) is 6.54 Å². The summed E-state index contributed by atoms with van der Waals surface area (Å²) in [4.78, 5) is 0. The van der Waals surface area contributed by atoms with Crippen LogP contribution in [0.15, 0.2) is 22.7 Å². The van der Waals surface area contributed by atoms with E-state index in [1.54, 1.807) is 0 Å². The summed E-state index contributed by atoms with van der Waals surface area (Å²) in [5.41, 5.74) is 1.12. The van der Waals surface area contributed by atoms with E-state index < -0.39 is 0 Å². The second-order valence-electron chi connectivity index (χ2n) is 5.82. The molecule has 0 spiro atoms. The van der Waals surface area contributed by atoms with E-state index >= 15 is 0 Å². The first-order chi connectivity index (χ1) is 10.1. The fraction of sp³-hybridized carbons (Fsp3) is 0.667. The van der Waals surface area contributed by atoms with Gasteiger partial charge in [0, 0.05) is 10.5 Å². The first-order valence-electron chi connectivity index (χ1n) is 8.33. The zero-order valence-electron chi connectivity index (χ0n) is 13.4. The standard InChI is InChI=1S/C18H29BrFN/c1-3-4-5-6-7-8-9-10-13-21-15(2)17-12-11-16(20)14-18(17)19/h11-12,14-15,21H,3-10,13H2,1-2H3. The van der Waals surface area contributed by atoms with Gasteiger partial charge in [-0.15, -0.1) is 0 Å². The molecule has 0 fully saturated rings. The first-order valence-corrected chi connectivity index (χ1v) is 9.12. The van der Waals surface area contributed by atoms with Crippen molar-refractivity contribution >= 4 is 15.9 Å². The lowest BCUT2D eigenvalue weighted by atomic mass is 10.1. The molecule has 120 valence electrons. The minimum absolute atomic E-state index is 0.194. The summed E-state index contributed by atoms with van der Waals surface area (Å²) in [6, 6.07) is 5.16. The summed E-state index contributed by atoms with van der Waals surface area (Å²) in [5, 5.41) is 3.52. The molecule has 0 radical (unpaired) electrons. The molecule has 0 aromatic heterocycles. The van der Waals surface area contributed by atoms with Crippen molar-refractivity contribution in [3.05, 3.63) is 34.1 Å². The fourth-order valence-electron chi connectivity index (χ4n) is 2.54. The number of unbranched alkanes of at least 4 members (excludes halogenated alkanes) is 7. The number of nitrogens with one attached hydrogen (secondary N) is 1. The lowest BCUT2D eigenvalue weighted by Crippen LogP contribution is -2.20. The Morgan fingerprint density at radius 3 is 2.29 bits per heavy atom. The Balaban J connectivity index is 2.09. The molecule has 1 nitrogen and oxygen atoms in total. The summed E-state index contributed by atoms with van der Waals surface area (Å²) in [6.07, 6.45) is 10.7. The summed E-state index contributed by atoms with van der Waals surface area (Å²) in [6.45, 7) is 5.41. The maximum absolute atomic E-state index is 13.1. The molecule has 0 aliphatic rings. The van der Waals surface area contributed by atoms with Crippen molar-refractivity contribution < 1.29 is 4.39 Å². The average molecular weight is 358 g/mol. The minimum Gasteiger partial charge on any atom is -0.310 e. The van der Waals surface area contributed by atoms with E-state index in [4.69, 9.17) is 0 Å². The van der Waals surface area contributed by atoms with Gasteiger partial charge >= 0.3 is 0 Å². The van der Waals surface area contributed by atoms with Crippen molar-refractivity contribution in [2.45, 2.75) is 71.3 Å². The van der Waals surface area contributed by atoms with Crippen LogP contribution in [0, 0.1) is 5.82 Å². The van der Waals surface area contributed by atoms with E-state index in [9.17, 15) is 4.39 Å². The lowest BCUT2D eigenvalue weighted by molar-refractivity contribution is 0.520. The Morgan fingerprint density at radius 2 is 1.67 bits per heavy atom. The van der Waals surface area contributed by atoms with Crippen LogP contribution in [0.1, 0.15) is 76.8 Å². The van der Waals surface area contributed by atoms with Gasteiger partial charge in [0.05, 0.1) is 0 Å². The van der Waals surface area contributed by atoms with E-state index in [0.29, 0.717) is 0 Å². The van der Waals surface area contributed by atoms with E-state index in [1.807, 2.05) is 6.07 Å². The third-order valence-corrected chi connectivity index (χ3v) is 4.60. The number of hydrogen-bond acceptors (Lipinski definition) is 1. The molecule has 1 aromatic carbocycles. The van der Waals surface area contributed by atoms with Gasteiger partial charge < -0.3 is 5.32 Å². The van der Waals surface area contributed by atoms with Crippen LogP contribution in [0.5, 0.6) is 0 Å². The third kappa shape index (κ3) is 7.96. The van der Waals surface area contributed by atoms with Gasteiger partial charge in [0.2, 0.25) is 0 Å². The monoisotopic (exact) mass is 357 g/mol. The molecule has 0 amide bonds. The van der Waals surface area contributed by atoms with Crippen molar-refractivity contribution in [3.8, 4) is 0 Å². The number of rotatable bonds is 11. The van der Waals surface area contributed by atoms with Crippen LogP contribution >= 0.6 is 15.9 Å². The summed E-state index contributed by atoms with van der Waals surface area (Å²) < 4.78 is 13.9. The second kappa shape index (κ2) is 11.2. The lowest BCUT2D eigenvalue weighted by Gasteiger charge is -2.16. The highest BCUT2D eigenvalue weighted by Crippen LogP contribution is 2.24. The normalized spacial score (nSPS) is 12.6. The van der Waals surface area contributed by atoms with Gasteiger partial charge in [0.1, 0.15) is 5.82 Å². The van der Waals surface area contributed by atoms with E-state index in [-0.39, 0.29) is 11.9 Å². The van der Waals surface area contributed by atoms with E-state index in [0.717, 1.165) is 16.6 Å². The summed E-state index contributed by atoms with van der Waals surface area (Å²) >= 11 is 3.43. The molecule has 1 N–H and O–H groups in total. The molecular formula is C18H29BrFN. The largest absolute Gasteiger partial charge is 0.310 e. The van der Waals surface area contributed by atoms with Crippen LogP contribution in [-0.2, 0) is 0 Å². The van der Waals surface area contributed by atoms with Gasteiger partial charge in [0.15, 0.2) is 0 Å². The molecule has 0 saturated heterocycles. The van der Waals surface area contributed by atoms with Crippen molar-refractivity contribution in [3.63, 3.8) is 0 Å². The van der Waals surface area contributed by atoms with Gasteiger partial charge in [-0.2, -0.15) is 0 Å². The Labute approximate surface area is 137 Å². The average Bonchev–Trinajstić information content (AvgIpc) is 2.45. The van der Waals surface area contributed by atoms with Crippen LogP contribution in [0.3, 0.4) is 0 Å². The quantitative estimate of drug-likeness (QED) is 0.453. The van der Waals surface area contributed by atoms with Gasteiger partial charge in [-0.05, 0) is 37.6 Å². The Morgan fingerprint density at radius 1 is 1.05 bits per heavy atom. The molecular weight excluding hydrogens is 329 g/mol. The number of benzene rings is 1. The van der Waals surface area contributed by atoms with Crippen LogP contribution in [0.4, 0.5) is 4.39 Å². The smallest absolute Gasteiger partial charge is 0.124 e. The van der Waals surface area contributed by atoms with Gasteiger partial charge in [-0.25, -0.2) is 4.39 Å². The Bertz CT molecular complexity index is 395. The first kappa shape index (κ1) is 18.6. The number of halogens is 2. The second-order valence-corrected chi connectivity index (χ2v) is 6.67. The highest BCUT2D eigenvalue weighted by Gasteiger charge is 2.09. The Hall–Kier alpha value is -0.410. The zero-order valence-corrected chi connectivity index (χ0v) is 15.0. The molecule has 0 heterocycles. The maximum atomic E-state index is 13.1. The van der Waals surface area contributed by atoms with Crippen molar-refractivity contribution in [2.75, 3.05) is 6.54 Å². The molecule has 1 aromatic rings. The van der Waals surface area contributed by atoms with E-state index in [1.165, 1.54) is 63.5 Å². The molecule has 0 aliphatic carbocycles. The van der Waals surface area contributed by atoms with Gasteiger partial charge in [-0.1, -0.05) is 73.9 Å². The molecule has 3 heteroatoms. The molecule has 1 atom stereocenters. The fourth-order valence-corrected chi connectivity index (χ4v) is 3.23. The zero-order chi connectivity index (χ0) is 15.5. The van der Waals surface area contributed by atoms with Crippen LogP contribution in [0.25, 0.3) is 0 Å². The predicted octanol–water partition coefficient (Wildman–Crippen LogP) is 6.38. The van der Waals surface area contributed by atoms with Crippen LogP contribution in [0.2, 0.25) is 0 Å². The van der Waals surface area contributed by atoms with Crippen molar-refractivity contribution in [2.24, 2.45) is 0 Å². The SMILES string of the molecule is CCCCCCCCCCNC(C)c1ccc(F)cc1Br. The van der Waals surface area contributed by atoms with Gasteiger partial charge in [-0.3, -0.25) is 0 Å². The van der Waals surface area contributed by atoms with Crippen LogP contribution < -0.4 is 5.32 Å². The molecule has 1 unspecified atom stereocenters. The highest BCUT2D eigenvalue weighted by molar-refractivity contribution is 9.10. The summed E-state index contributed by atoms with van der Waals surface area (Å²) in [7, 11) is 0. The molecule has 0 saturated carbocycles. The molecule has 1 rings (SSSR count). The summed E-state index contributed by atoms with van der Waals surface area (Å²) in [5.74, 6) is -0.194. The topological polar surface area (TPSA) is 12.0 Å². The van der Waals surface area contributed by atoms with E-state index in [2.05, 4.69) is 35.1 Å². The maximum Gasteiger partial charge on any atom is 0.124 e. The number of hydrogen-bond donors (Lipinski definition) is 1. The predicted molar refractivity (Wildman–Crippen MR) is 93.1 cm³/mol. The highest BCUT2D eigenvalue weighted by atomic mass is 79.9. The molecule has 0 aliphatic heterocycles. The Kier molecular flexibility index (Phi) is 9.94.